The van der Waals surface area contributed by atoms with Gasteiger partial charge in [0.1, 0.15) is 10.8 Å². The molecule has 0 bridgehead atoms. The second kappa shape index (κ2) is 9.89. The van der Waals surface area contributed by atoms with Gasteiger partial charge in [-0.1, -0.05) is 6.92 Å². The van der Waals surface area contributed by atoms with Gasteiger partial charge < -0.3 is 19.5 Å². The van der Waals surface area contributed by atoms with Gasteiger partial charge in [0, 0.05) is 4.88 Å². The van der Waals surface area contributed by atoms with Crippen LogP contribution in [0.4, 0.5) is 5.00 Å². The van der Waals surface area contributed by atoms with Crippen molar-refractivity contribution in [2.75, 3.05) is 25.6 Å². The van der Waals surface area contributed by atoms with E-state index in [-0.39, 0.29) is 13.2 Å². The monoisotopic (exact) mass is 405 g/mol. The standard InChI is InChI=1S/C20H23NO6S/c1-5-15-12(3)17(20(24)26-6-2)18(28-15)21-16(22)11-27-14-9-7-13(8-10-14)19(23)25-4/h7-10H,5-6,11H2,1-4H3,(H,21,22). The van der Waals surface area contributed by atoms with Crippen molar-refractivity contribution < 1.29 is 28.6 Å². The Hall–Kier alpha value is -2.87. The molecule has 0 saturated heterocycles. The van der Waals surface area contributed by atoms with Gasteiger partial charge in [-0.2, -0.15) is 0 Å². The Morgan fingerprint density at radius 1 is 1.07 bits per heavy atom. The number of benzene rings is 1. The van der Waals surface area contributed by atoms with Crippen molar-refractivity contribution in [1.82, 2.24) is 0 Å². The maximum absolute atomic E-state index is 12.3. The lowest BCUT2D eigenvalue weighted by atomic mass is 10.1. The molecular formula is C20H23NO6S. The summed E-state index contributed by atoms with van der Waals surface area (Å²) in [4.78, 5) is 37.0. The second-order valence-electron chi connectivity index (χ2n) is 5.78. The van der Waals surface area contributed by atoms with Crippen LogP contribution in [0.1, 0.15) is 45.0 Å². The molecule has 8 heteroatoms. The van der Waals surface area contributed by atoms with Crippen molar-refractivity contribution in [2.24, 2.45) is 0 Å². The van der Waals surface area contributed by atoms with E-state index in [4.69, 9.17) is 9.47 Å². The minimum Gasteiger partial charge on any atom is -0.484 e. The summed E-state index contributed by atoms with van der Waals surface area (Å²) < 4.78 is 15.2. The maximum Gasteiger partial charge on any atom is 0.341 e. The molecule has 2 rings (SSSR count). The number of hydrogen-bond donors (Lipinski definition) is 1. The van der Waals surface area contributed by atoms with E-state index in [0.717, 1.165) is 16.9 Å². The lowest BCUT2D eigenvalue weighted by molar-refractivity contribution is -0.118. The summed E-state index contributed by atoms with van der Waals surface area (Å²) in [6, 6.07) is 6.25. The van der Waals surface area contributed by atoms with Crippen molar-refractivity contribution in [3.05, 3.63) is 45.8 Å². The molecule has 1 heterocycles. The molecule has 0 aliphatic heterocycles. The molecule has 0 atom stereocenters. The molecule has 7 nitrogen and oxygen atoms in total. The van der Waals surface area contributed by atoms with Gasteiger partial charge in [0.05, 0.1) is 24.8 Å². The number of carbonyl (C=O) groups excluding carboxylic acids is 3. The summed E-state index contributed by atoms with van der Waals surface area (Å²) in [5.74, 6) is -0.863. The Morgan fingerprint density at radius 3 is 2.32 bits per heavy atom. The molecule has 0 aliphatic carbocycles. The van der Waals surface area contributed by atoms with E-state index in [1.165, 1.54) is 18.4 Å². The fourth-order valence-corrected chi connectivity index (χ4v) is 3.70. The summed E-state index contributed by atoms with van der Waals surface area (Å²) in [5.41, 5.74) is 1.60. The van der Waals surface area contributed by atoms with Crippen LogP contribution in [0, 0.1) is 6.92 Å². The topological polar surface area (TPSA) is 90.9 Å². The molecule has 0 aliphatic rings. The molecule has 2 aromatic rings. The largest absolute Gasteiger partial charge is 0.484 e. The molecule has 0 radical (unpaired) electrons. The van der Waals surface area contributed by atoms with Crippen LogP contribution in [0.2, 0.25) is 0 Å². The zero-order valence-corrected chi connectivity index (χ0v) is 17.1. The van der Waals surface area contributed by atoms with Crippen molar-refractivity contribution in [2.45, 2.75) is 27.2 Å². The third-order valence-corrected chi connectivity index (χ3v) is 5.30. The first-order chi connectivity index (χ1) is 13.4. The first-order valence-electron chi connectivity index (χ1n) is 8.81. The minimum absolute atomic E-state index is 0.238. The number of rotatable bonds is 8. The fourth-order valence-electron chi connectivity index (χ4n) is 2.55. The van der Waals surface area contributed by atoms with E-state index < -0.39 is 17.8 Å². The van der Waals surface area contributed by atoms with Gasteiger partial charge in [-0.3, -0.25) is 4.79 Å². The zero-order valence-electron chi connectivity index (χ0n) is 16.3. The van der Waals surface area contributed by atoms with Gasteiger partial charge >= 0.3 is 11.9 Å². The SMILES string of the molecule is CCOC(=O)c1c(NC(=O)COc2ccc(C(=O)OC)cc2)sc(CC)c1C. The van der Waals surface area contributed by atoms with Gasteiger partial charge in [-0.05, 0) is 50.1 Å². The number of amides is 1. The fraction of sp³-hybridized carbons (Fsp3) is 0.350. The summed E-state index contributed by atoms with van der Waals surface area (Å²) in [7, 11) is 1.30. The van der Waals surface area contributed by atoms with E-state index in [9.17, 15) is 14.4 Å². The molecule has 0 saturated carbocycles. The van der Waals surface area contributed by atoms with Crippen LogP contribution < -0.4 is 10.1 Å². The molecule has 1 aromatic heterocycles. The number of aryl methyl sites for hydroxylation is 1. The Morgan fingerprint density at radius 2 is 1.75 bits per heavy atom. The molecule has 0 unspecified atom stereocenters. The van der Waals surface area contributed by atoms with Gasteiger partial charge in [-0.25, -0.2) is 9.59 Å². The van der Waals surface area contributed by atoms with Crippen molar-refractivity contribution in [3.8, 4) is 5.75 Å². The number of hydrogen-bond acceptors (Lipinski definition) is 7. The summed E-state index contributed by atoms with van der Waals surface area (Å²) >= 11 is 1.36. The predicted molar refractivity (Wildman–Crippen MR) is 106 cm³/mol. The average molecular weight is 405 g/mol. The van der Waals surface area contributed by atoms with E-state index in [1.807, 2.05) is 13.8 Å². The molecule has 1 N–H and O–H groups in total. The highest BCUT2D eigenvalue weighted by atomic mass is 32.1. The number of ether oxygens (including phenoxy) is 3. The van der Waals surface area contributed by atoms with E-state index in [2.05, 4.69) is 10.1 Å². The lowest BCUT2D eigenvalue weighted by Crippen LogP contribution is -2.21. The predicted octanol–water partition coefficient (Wildman–Crippen LogP) is 3.60. The van der Waals surface area contributed by atoms with Crippen LogP contribution in [0.25, 0.3) is 0 Å². The first kappa shape index (κ1) is 21.4. The number of carbonyl (C=O) groups is 3. The van der Waals surface area contributed by atoms with Crippen LogP contribution in [0.15, 0.2) is 24.3 Å². The number of anilines is 1. The highest BCUT2D eigenvalue weighted by Crippen LogP contribution is 2.34. The quantitative estimate of drug-likeness (QED) is 0.675. The number of methoxy groups -OCH3 is 1. The van der Waals surface area contributed by atoms with Gasteiger partial charge in [-0.15, -0.1) is 11.3 Å². The van der Waals surface area contributed by atoms with Crippen LogP contribution in [0.5, 0.6) is 5.75 Å². The highest BCUT2D eigenvalue weighted by Gasteiger charge is 2.23. The molecule has 1 aromatic carbocycles. The Bertz CT molecular complexity index is 856. The second-order valence-corrected chi connectivity index (χ2v) is 6.89. The minimum atomic E-state index is -0.453. The van der Waals surface area contributed by atoms with Gasteiger partial charge in [0.15, 0.2) is 6.61 Å². The van der Waals surface area contributed by atoms with Gasteiger partial charge in [0.25, 0.3) is 5.91 Å². The molecule has 0 spiro atoms. The number of thiophene rings is 1. The van der Waals surface area contributed by atoms with E-state index >= 15 is 0 Å². The Balaban J connectivity index is 2.04. The van der Waals surface area contributed by atoms with Crippen LogP contribution in [-0.2, 0) is 20.7 Å². The van der Waals surface area contributed by atoms with E-state index in [0.29, 0.717) is 21.9 Å². The van der Waals surface area contributed by atoms with Crippen molar-refractivity contribution >= 4 is 34.2 Å². The molecule has 0 fully saturated rings. The van der Waals surface area contributed by atoms with Crippen LogP contribution >= 0.6 is 11.3 Å². The maximum atomic E-state index is 12.3. The Labute approximate surface area is 167 Å². The normalized spacial score (nSPS) is 10.3. The third kappa shape index (κ3) is 5.10. The summed E-state index contributed by atoms with van der Waals surface area (Å²) in [6.45, 7) is 5.58. The number of esters is 2. The van der Waals surface area contributed by atoms with Crippen LogP contribution in [-0.4, -0.2) is 38.2 Å². The van der Waals surface area contributed by atoms with Crippen molar-refractivity contribution in [1.29, 1.82) is 0 Å². The highest BCUT2D eigenvalue weighted by molar-refractivity contribution is 7.17. The third-order valence-electron chi connectivity index (χ3n) is 3.94. The molecular weight excluding hydrogens is 382 g/mol. The summed E-state index contributed by atoms with van der Waals surface area (Å²) in [6.07, 6.45) is 0.752. The van der Waals surface area contributed by atoms with Gasteiger partial charge in [0.2, 0.25) is 0 Å². The zero-order chi connectivity index (χ0) is 20.7. The van der Waals surface area contributed by atoms with E-state index in [1.54, 1.807) is 31.2 Å². The average Bonchev–Trinajstić information content (AvgIpc) is 3.01. The molecule has 150 valence electrons. The smallest absolute Gasteiger partial charge is 0.341 e. The number of nitrogens with one attached hydrogen (secondary N) is 1. The first-order valence-corrected chi connectivity index (χ1v) is 9.63. The molecule has 28 heavy (non-hydrogen) atoms. The molecule has 1 amide bonds. The van der Waals surface area contributed by atoms with Crippen molar-refractivity contribution in [3.63, 3.8) is 0 Å². The summed E-state index contributed by atoms with van der Waals surface area (Å²) in [5, 5.41) is 3.19. The lowest BCUT2D eigenvalue weighted by Gasteiger charge is -2.09. The Kier molecular flexibility index (Phi) is 7.57. The van der Waals surface area contributed by atoms with Crippen LogP contribution in [0.3, 0.4) is 0 Å².